The van der Waals surface area contributed by atoms with E-state index in [9.17, 15) is 43.2 Å². The van der Waals surface area contributed by atoms with Crippen LogP contribution in [0.2, 0.25) is 0 Å². The normalized spacial score (nSPS) is 14.4. The van der Waals surface area contributed by atoms with Crippen LogP contribution in [-0.2, 0) is 65.4 Å². The van der Waals surface area contributed by atoms with E-state index in [1.165, 1.54) is 77.0 Å². The number of hydrogen-bond acceptors (Lipinski definition) is 15. The summed E-state index contributed by atoms with van der Waals surface area (Å²) in [5, 5.41) is 10.6. The average molecular weight is 1480 g/mol. The Morgan fingerprint density at radius 1 is 0.275 bits per heavy atom. The van der Waals surface area contributed by atoms with E-state index in [1.807, 2.05) is 0 Å². The van der Waals surface area contributed by atoms with Gasteiger partial charge in [0.05, 0.1) is 26.4 Å². The third-order valence-corrected chi connectivity index (χ3v) is 18.9. The average Bonchev–Trinajstić information content (AvgIpc) is 0.923. The molecule has 0 fully saturated rings. The molecule has 0 amide bonds. The number of aliphatic hydroxyl groups excluding tert-OH is 1. The molecule has 0 aromatic heterocycles. The van der Waals surface area contributed by atoms with E-state index < -0.39 is 97.5 Å². The molecule has 0 bridgehead atoms. The zero-order valence-corrected chi connectivity index (χ0v) is 66.3. The van der Waals surface area contributed by atoms with Gasteiger partial charge in [-0.05, 0) is 154 Å². The largest absolute Gasteiger partial charge is 0.472 e. The summed E-state index contributed by atoms with van der Waals surface area (Å²) in [6.07, 6.45) is 79.4. The van der Waals surface area contributed by atoms with Crippen molar-refractivity contribution in [1.29, 1.82) is 0 Å². The number of carbonyl (C=O) groups is 4. The number of aliphatic hydroxyl groups is 1. The first-order valence-corrected chi connectivity index (χ1v) is 43.5. The van der Waals surface area contributed by atoms with Gasteiger partial charge >= 0.3 is 39.5 Å². The molecule has 0 aliphatic heterocycles. The van der Waals surface area contributed by atoms with Gasteiger partial charge in [0, 0.05) is 25.7 Å². The third kappa shape index (κ3) is 74.3. The number of unbranched alkanes of at least 4 members (excludes halogenated alkanes) is 34. The van der Waals surface area contributed by atoms with Crippen LogP contribution in [0.3, 0.4) is 0 Å². The maximum Gasteiger partial charge on any atom is 0.472 e. The summed E-state index contributed by atoms with van der Waals surface area (Å²) in [6.45, 7) is 4.76. The molecular formula is C83H146O17P2. The Kier molecular flexibility index (Phi) is 72.3. The predicted octanol–water partition coefficient (Wildman–Crippen LogP) is 23.6. The van der Waals surface area contributed by atoms with Gasteiger partial charge in [-0.15, -0.1) is 0 Å². The minimum Gasteiger partial charge on any atom is -0.462 e. The highest BCUT2D eigenvalue weighted by atomic mass is 31.2. The number of phosphoric acid groups is 2. The van der Waals surface area contributed by atoms with Crippen molar-refractivity contribution in [3.63, 3.8) is 0 Å². The van der Waals surface area contributed by atoms with E-state index in [1.54, 1.807) is 0 Å². The van der Waals surface area contributed by atoms with Gasteiger partial charge in [-0.3, -0.25) is 37.3 Å². The fourth-order valence-electron chi connectivity index (χ4n) is 10.8. The third-order valence-electron chi connectivity index (χ3n) is 17.0. The molecule has 0 saturated carbocycles. The van der Waals surface area contributed by atoms with Gasteiger partial charge in [0.25, 0.3) is 0 Å². The Morgan fingerprint density at radius 3 is 0.725 bits per heavy atom. The lowest BCUT2D eigenvalue weighted by Gasteiger charge is -2.21. The van der Waals surface area contributed by atoms with Crippen LogP contribution in [0.1, 0.15) is 349 Å². The lowest BCUT2D eigenvalue weighted by Crippen LogP contribution is -2.30. The number of hydrogen-bond donors (Lipinski definition) is 3. The van der Waals surface area contributed by atoms with Gasteiger partial charge < -0.3 is 33.8 Å². The zero-order valence-electron chi connectivity index (χ0n) is 64.5. The molecule has 0 rings (SSSR count). The molecule has 0 saturated heterocycles. The predicted molar refractivity (Wildman–Crippen MR) is 418 cm³/mol. The van der Waals surface area contributed by atoms with Crippen LogP contribution < -0.4 is 0 Å². The zero-order chi connectivity index (χ0) is 74.6. The summed E-state index contributed by atoms with van der Waals surface area (Å²) in [4.78, 5) is 73.0. The minimum atomic E-state index is -4.98. The van der Waals surface area contributed by atoms with Crippen LogP contribution in [0.5, 0.6) is 0 Å². The van der Waals surface area contributed by atoms with Crippen LogP contribution in [0.15, 0.2) is 97.2 Å². The molecule has 17 nitrogen and oxygen atoms in total. The SMILES string of the molecule is CCCCC/C=C\C/C=C\CCCCCCCCCC(=O)OC[C@H](COP(=O)(O)OCC(O)COP(=O)(O)OC[C@@H](COC(=O)CCCCCCC/C=C\C/C=C\CCCCC)OC(=O)CCCCCCC/C=C\C/C=C\CCCCC)OC(=O)CCCCCCC/C=C\C/C=C\CCCCC. The molecule has 0 heterocycles. The number of allylic oxidation sites excluding steroid dienone is 16. The molecule has 0 radical (unpaired) electrons. The smallest absolute Gasteiger partial charge is 0.462 e. The topological polar surface area (TPSA) is 237 Å². The fraction of sp³-hybridized carbons (Fsp3) is 0.759. The Balaban J connectivity index is 5.39. The number of phosphoric ester groups is 2. The van der Waals surface area contributed by atoms with E-state index in [4.69, 9.17) is 37.0 Å². The first-order valence-electron chi connectivity index (χ1n) is 40.5. The van der Waals surface area contributed by atoms with Crippen LogP contribution in [0.25, 0.3) is 0 Å². The number of carbonyl (C=O) groups excluding carboxylic acids is 4. The van der Waals surface area contributed by atoms with Crippen LogP contribution in [0.4, 0.5) is 0 Å². The molecule has 5 atom stereocenters. The summed E-state index contributed by atoms with van der Waals surface area (Å²) in [5.41, 5.74) is 0. The number of esters is 4. The van der Waals surface area contributed by atoms with E-state index in [0.29, 0.717) is 25.7 Å². The number of ether oxygens (including phenoxy) is 4. The van der Waals surface area contributed by atoms with Crippen LogP contribution in [-0.4, -0.2) is 96.7 Å². The maximum absolute atomic E-state index is 13.1. The standard InChI is InChI=1S/C83H146O17P2/c1-5-9-13-17-21-25-29-33-37-38-42-44-48-52-56-60-64-68-81(86)94-74-79(100-83(88)70-66-62-58-54-50-46-41-36-32-28-24-20-16-12-8-4)76-98-102(91,92)96-72-77(84)71-95-101(89,90)97-75-78(99-82(87)69-65-61-57-53-49-45-40-35-31-27-23-19-15-11-7-3)73-93-80(85)67-63-59-55-51-47-43-39-34-30-26-22-18-14-10-6-2/h21-28,33-37,39-41,77-79,84H,5-20,29-32,38,42-76H2,1-4H3,(H,89,90)(H,91,92)/b25-21-,26-22-,27-23-,28-24-,37-33-,39-34-,40-35-,41-36-/t77?,78-,79-/m1/s1. The molecule has 0 aliphatic carbocycles. The highest BCUT2D eigenvalue weighted by molar-refractivity contribution is 7.47. The summed E-state index contributed by atoms with van der Waals surface area (Å²) in [5.74, 6) is -2.21. The Hall–Kier alpha value is -4.02. The van der Waals surface area contributed by atoms with Gasteiger partial charge in [-0.25, -0.2) is 9.13 Å². The van der Waals surface area contributed by atoms with E-state index >= 15 is 0 Å². The second-order valence-electron chi connectivity index (χ2n) is 27.0. The van der Waals surface area contributed by atoms with Gasteiger partial charge in [0.1, 0.15) is 19.3 Å². The second kappa shape index (κ2) is 75.2. The van der Waals surface area contributed by atoms with Gasteiger partial charge in [0.2, 0.25) is 0 Å². The van der Waals surface area contributed by atoms with Gasteiger partial charge in [-0.1, -0.05) is 266 Å². The Morgan fingerprint density at radius 2 is 0.480 bits per heavy atom. The van der Waals surface area contributed by atoms with Crippen molar-refractivity contribution in [2.75, 3.05) is 39.6 Å². The molecule has 590 valence electrons. The van der Waals surface area contributed by atoms with E-state index in [-0.39, 0.29) is 25.7 Å². The van der Waals surface area contributed by atoms with Gasteiger partial charge in [0.15, 0.2) is 12.2 Å². The molecule has 0 spiro atoms. The van der Waals surface area contributed by atoms with Crippen molar-refractivity contribution >= 4 is 39.5 Å². The van der Waals surface area contributed by atoms with Crippen molar-refractivity contribution in [1.82, 2.24) is 0 Å². The van der Waals surface area contributed by atoms with Crippen molar-refractivity contribution in [3.8, 4) is 0 Å². The highest BCUT2D eigenvalue weighted by Crippen LogP contribution is 2.45. The molecule has 102 heavy (non-hydrogen) atoms. The summed E-state index contributed by atoms with van der Waals surface area (Å²) < 4.78 is 68.6. The van der Waals surface area contributed by atoms with E-state index in [0.717, 1.165) is 193 Å². The lowest BCUT2D eigenvalue weighted by atomic mass is 10.1. The maximum atomic E-state index is 13.1. The summed E-state index contributed by atoms with van der Waals surface area (Å²) >= 11 is 0. The van der Waals surface area contributed by atoms with Crippen molar-refractivity contribution in [3.05, 3.63) is 97.2 Å². The van der Waals surface area contributed by atoms with Crippen molar-refractivity contribution in [2.45, 2.75) is 367 Å². The van der Waals surface area contributed by atoms with Crippen LogP contribution in [0, 0.1) is 0 Å². The van der Waals surface area contributed by atoms with Crippen molar-refractivity contribution in [2.24, 2.45) is 0 Å². The summed E-state index contributed by atoms with van der Waals surface area (Å²) in [6, 6.07) is 0. The Bertz CT molecular complexity index is 2310. The molecule has 0 aliphatic rings. The monoisotopic (exact) mass is 1480 g/mol. The number of rotatable bonds is 76. The lowest BCUT2D eigenvalue weighted by molar-refractivity contribution is -0.161. The second-order valence-corrected chi connectivity index (χ2v) is 29.9. The Labute approximate surface area is 620 Å². The molecular weight excluding hydrogens is 1330 g/mol. The highest BCUT2D eigenvalue weighted by Gasteiger charge is 2.30. The fourth-order valence-corrected chi connectivity index (χ4v) is 12.3. The van der Waals surface area contributed by atoms with Crippen LogP contribution >= 0.6 is 15.6 Å². The summed E-state index contributed by atoms with van der Waals surface area (Å²) in [7, 11) is -9.97. The molecule has 0 aromatic carbocycles. The molecule has 19 heteroatoms. The first-order chi connectivity index (χ1) is 49.7. The minimum absolute atomic E-state index is 0.0760. The van der Waals surface area contributed by atoms with Gasteiger partial charge in [-0.2, -0.15) is 0 Å². The van der Waals surface area contributed by atoms with E-state index in [2.05, 4.69) is 125 Å². The quantitative estimate of drug-likeness (QED) is 0.0169. The molecule has 3 unspecified atom stereocenters. The van der Waals surface area contributed by atoms with Crippen molar-refractivity contribution < 1.29 is 80.2 Å². The molecule has 0 aromatic rings. The molecule has 3 N–H and O–H groups in total. The first kappa shape index (κ1) is 98.0.